The highest BCUT2D eigenvalue weighted by Gasteiger charge is 2.00. The quantitative estimate of drug-likeness (QED) is 0.662. The van der Waals surface area contributed by atoms with E-state index in [9.17, 15) is 0 Å². The molecule has 0 bridgehead atoms. The van der Waals surface area contributed by atoms with Crippen LogP contribution < -0.4 is 11.5 Å². The predicted octanol–water partition coefficient (Wildman–Crippen LogP) is 0.639. The summed E-state index contributed by atoms with van der Waals surface area (Å²) in [5.41, 5.74) is 11.1. The van der Waals surface area contributed by atoms with E-state index in [0.29, 0.717) is 6.04 Å². The minimum atomic E-state index is 0.255. The highest BCUT2D eigenvalue weighted by Crippen LogP contribution is 1.94. The second-order valence-electron chi connectivity index (χ2n) is 3.72. The van der Waals surface area contributed by atoms with Gasteiger partial charge in [0.1, 0.15) is 0 Å². The van der Waals surface area contributed by atoms with Crippen molar-refractivity contribution in [2.45, 2.75) is 38.8 Å². The average molecular weight is 175 g/mol. The van der Waals surface area contributed by atoms with Gasteiger partial charge in [0.2, 0.25) is 0 Å². The molecule has 0 heterocycles. The van der Waals surface area contributed by atoms with Gasteiger partial charge in [-0.1, -0.05) is 6.92 Å². The van der Waals surface area contributed by atoms with Crippen molar-refractivity contribution < 1.29 is 0 Å². The van der Waals surface area contributed by atoms with E-state index in [1.165, 1.54) is 0 Å². The fourth-order valence-electron chi connectivity index (χ4n) is 0.644. The smallest absolute Gasteiger partial charge is 0.00508 e. The molecule has 0 amide bonds. The monoisotopic (exact) mass is 175 g/mol. The van der Waals surface area contributed by atoms with Gasteiger partial charge < -0.3 is 16.4 Å². The predicted molar refractivity (Wildman–Crippen MR) is 56.1 cm³/mol. The summed E-state index contributed by atoms with van der Waals surface area (Å²) < 4.78 is 0. The number of hydrogen-bond donors (Lipinski definition) is 2. The lowest BCUT2D eigenvalue weighted by atomic mass is 10.1. The van der Waals surface area contributed by atoms with Gasteiger partial charge >= 0.3 is 0 Å². The highest BCUT2D eigenvalue weighted by atomic mass is 15.0. The molecule has 3 nitrogen and oxygen atoms in total. The van der Waals surface area contributed by atoms with E-state index < -0.39 is 0 Å². The summed E-state index contributed by atoms with van der Waals surface area (Å²) in [4.78, 5) is 2.00. The molecule has 2 atom stereocenters. The Balaban J connectivity index is 0. The van der Waals surface area contributed by atoms with E-state index in [2.05, 4.69) is 6.92 Å². The third-order valence-corrected chi connectivity index (χ3v) is 1.20. The minimum absolute atomic E-state index is 0.255. The van der Waals surface area contributed by atoms with Crippen LogP contribution >= 0.6 is 0 Å². The van der Waals surface area contributed by atoms with Crippen molar-refractivity contribution in [3.05, 3.63) is 0 Å². The molecule has 0 saturated carbocycles. The SMILES string of the molecule is CCC(N)CC(C)N.CN(C)C. The van der Waals surface area contributed by atoms with E-state index >= 15 is 0 Å². The Bertz CT molecular complexity index is 79.1. The molecule has 0 rings (SSSR count). The topological polar surface area (TPSA) is 55.3 Å². The van der Waals surface area contributed by atoms with Crippen molar-refractivity contribution in [1.82, 2.24) is 4.90 Å². The molecule has 0 aromatic carbocycles. The molecule has 0 aromatic rings. The van der Waals surface area contributed by atoms with E-state index in [-0.39, 0.29) is 6.04 Å². The van der Waals surface area contributed by atoms with Gasteiger partial charge in [-0.05, 0) is 40.9 Å². The molecule has 4 N–H and O–H groups in total. The van der Waals surface area contributed by atoms with E-state index in [4.69, 9.17) is 11.5 Å². The Morgan fingerprint density at radius 2 is 1.50 bits per heavy atom. The Morgan fingerprint density at radius 1 is 1.17 bits per heavy atom. The third-order valence-electron chi connectivity index (χ3n) is 1.20. The maximum absolute atomic E-state index is 5.59. The Morgan fingerprint density at radius 3 is 1.58 bits per heavy atom. The van der Waals surface area contributed by atoms with Crippen LogP contribution in [-0.4, -0.2) is 38.1 Å². The molecule has 0 aliphatic heterocycles. The zero-order valence-corrected chi connectivity index (χ0v) is 9.17. The van der Waals surface area contributed by atoms with Gasteiger partial charge in [-0.2, -0.15) is 0 Å². The minimum Gasteiger partial charge on any atom is -0.328 e. The summed E-state index contributed by atoms with van der Waals surface area (Å²) in [7, 11) is 6.00. The van der Waals surface area contributed by atoms with Crippen LogP contribution in [0.3, 0.4) is 0 Å². The van der Waals surface area contributed by atoms with Crippen LogP contribution in [0.1, 0.15) is 26.7 Å². The largest absolute Gasteiger partial charge is 0.328 e. The van der Waals surface area contributed by atoms with Gasteiger partial charge in [-0.25, -0.2) is 0 Å². The first kappa shape index (κ1) is 14.4. The lowest BCUT2D eigenvalue weighted by Gasteiger charge is -2.09. The first-order chi connectivity index (χ1) is 5.40. The lowest BCUT2D eigenvalue weighted by molar-refractivity contribution is 0.505. The molecule has 76 valence electrons. The third kappa shape index (κ3) is 22.5. The second kappa shape index (κ2) is 8.97. The molecule has 2 unspecified atom stereocenters. The van der Waals surface area contributed by atoms with E-state index in [0.717, 1.165) is 12.8 Å². The van der Waals surface area contributed by atoms with Crippen molar-refractivity contribution in [2.75, 3.05) is 21.1 Å². The Hall–Kier alpha value is -0.120. The standard InChI is InChI=1S/C6H16N2.C3H9N/c1-3-6(8)4-5(2)7;1-4(2)3/h5-6H,3-4,7-8H2,1-2H3;1-3H3. The van der Waals surface area contributed by atoms with Crippen LogP contribution in [0, 0.1) is 0 Å². The van der Waals surface area contributed by atoms with Gasteiger partial charge in [-0.3, -0.25) is 0 Å². The second-order valence-corrected chi connectivity index (χ2v) is 3.72. The summed E-state index contributed by atoms with van der Waals surface area (Å²) in [6.45, 7) is 4.06. The molecule has 3 heteroatoms. The maximum atomic E-state index is 5.59. The first-order valence-corrected chi connectivity index (χ1v) is 4.52. The summed E-state index contributed by atoms with van der Waals surface area (Å²) in [5, 5.41) is 0. The van der Waals surface area contributed by atoms with Gasteiger partial charge in [0.15, 0.2) is 0 Å². The van der Waals surface area contributed by atoms with E-state index in [1.54, 1.807) is 0 Å². The van der Waals surface area contributed by atoms with Crippen molar-refractivity contribution in [3.63, 3.8) is 0 Å². The van der Waals surface area contributed by atoms with Crippen molar-refractivity contribution in [1.29, 1.82) is 0 Å². The van der Waals surface area contributed by atoms with Crippen molar-refractivity contribution >= 4 is 0 Å². The van der Waals surface area contributed by atoms with Gasteiger partial charge in [-0.15, -0.1) is 0 Å². The van der Waals surface area contributed by atoms with Gasteiger partial charge in [0.25, 0.3) is 0 Å². The molecule has 0 radical (unpaired) electrons. The number of nitrogens with zero attached hydrogens (tertiary/aromatic N) is 1. The van der Waals surface area contributed by atoms with Crippen molar-refractivity contribution in [3.8, 4) is 0 Å². The molecule has 0 fully saturated rings. The molecule has 0 spiro atoms. The molecular weight excluding hydrogens is 150 g/mol. The number of rotatable bonds is 3. The lowest BCUT2D eigenvalue weighted by Crippen LogP contribution is -2.28. The number of nitrogens with two attached hydrogens (primary N) is 2. The summed E-state index contributed by atoms with van der Waals surface area (Å²) >= 11 is 0. The van der Waals surface area contributed by atoms with Crippen LogP contribution in [0.5, 0.6) is 0 Å². The van der Waals surface area contributed by atoms with Gasteiger partial charge in [0.05, 0.1) is 0 Å². The highest BCUT2D eigenvalue weighted by molar-refractivity contribution is 4.64. The molecule has 0 aliphatic rings. The summed E-state index contributed by atoms with van der Waals surface area (Å²) in [6.07, 6.45) is 1.97. The van der Waals surface area contributed by atoms with Gasteiger partial charge in [0, 0.05) is 12.1 Å². The van der Waals surface area contributed by atoms with Crippen LogP contribution in [0.4, 0.5) is 0 Å². The fourth-order valence-corrected chi connectivity index (χ4v) is 0.644. The van der Waals surface area contributed by atoms with Crippen LogP contribution in [0.25, 0.3) is 0 Å². The molecule has 0 aromatic heterocycles. The Kier molecular flexibility index (Phi) is 10.8. The molecule has 12 heavy (non-hydrogen) atoms. The Labute approximate surface area is 77.1 Å². The van der Waals surface area contributed by atoms with Crippen LogP contribution in [0.15, 0.2) is 0 Å². The summed E-state index contributed by atoms with van der Waals surface area (Å²) in [5.74, 6) is 0. The van der Waals surface area contributed by atoms with E-state index in [1.807, 2.05) is 33.0 Å². The molecular formula is C9H25N3. The zero-order valence-electron chi connectivity index (χ0n) is 9.17. The van der Waals surface area contributed by atoms with Crippen molar-refractivity contribution in [2.24, 2.45) is 11.5 Å². The normalized spacial score (nSPS) is 15.0. The molecule has 0 saturated heterocycles. The maximum Gasteiger partial charge on any atom is 0.00508 e. The summed E-state index contributed by atoms with van der Waals surface area (Å²) in [6, 6.07) is 0.556. The molecule has 0 aliphatic carbocycles. The number of hydrogen-bond acceptors (Lipinski definition) is 3. The zero-order chi connectivity index (χ0) is 10.1. The van der Waals surface area contributed by atoms with Crippen LogP contribution in [-0.2, 0) is 0 Å². The fraction of sp³-hybridized carbons (Fsp3) is 1.00. The first-order valence-electron chi connectivity index (χ1n) is 4.52. The van der Waals surface area contributed by atoms with Crippen LogP contribution in [0.2, 0.25) is 0 Å². The average Bonchev–Trinajstić information content (AvgIpc) is 1.84.